The van der Waals surface area contributed by atoms with Crippen LogP contribution in [0.3, 0.4) is 0 Å². The van der Waals surface area contributed by atoms with Crippen molar-refractivity contribution in [2.45, 2.75) is 13.1 Å². The maximum Gasteiger partial charge on any atom is 0.332 e. The van der Waals surface area contributed by atoms with Crippen LogP contribution >= 0.6 is 20.8 Å². The lowest BCUT2D eigenvalue weighted by molar-refractivity contribution is 0.635. The molecule has 1 unspecified atom stereocenters. The van der Waals surface area contributed by atoms with Crippen LogP contribution in [0.2, 0.25) is 5.02 Å². The molecule has 0 bridgehead atoms. The Labute approximate surface area is 169 Å². The maximum absolute atomic E-state index is 13.2. The number of nitrogens with zero attached hydrogens (tertiary/aromatic N) is 2. The van der Waals surface area contributed by atoms with Crippen LogP contribution in [0.25, 0.3) is 10.9 Å². The first-order valence-electron chi connectivity index (χ1n) is 8.84. The molecule has 6 heteroatoms. The van der Waals surface area contributed by atoms with Crippen LogP contribution in [-0.2, 0) is 13.1 Å². The SMILES string of the molecule is O=c1c2ccccc2n(Cc2ccc(Cl)cc2)c(=O)n1Cc1ccc(P)cc1. The van der Waals surface area contributed by atoms with Gasteiger partial charge in [0.2, 0.25) is 0 Å². The normalized spacial score (nSPS) is 11.1. The van der Waals surface area contributed by atoms with Gasteiger partial charge in [-0.15, -0.1) is 9.24 Å². The van der Waals surface area contributed by atoms with Crippen LogP contribution in [0.4, 0.5) is 0 Å². The van der Waals surface area contributed by atoms with E-state index >= 15 is 0 Å². The van der Waals surface area contributed by atoms with Crippen molar-refractivity contribution in [2.24, 2.45) is 0 Å². The van der Waals surface area contributed by atoms with Gasteiger partial charge >= 0.3 is 5.69 Å². The number of hydrogen-bond acceptors (Lipinski definition) is 2. The van der Waals surface area contributed by atoms with E-state index in [0.29, 0.717) is 22.5 Å². The molecule has 4 rings (SSSR count). The topological polar surface area (TPSA) is 44.0 Å². The van der Waals surface area contributed by atoms with Gasteiger partial charge in [-0.2, -0.15) is 0 Å². The molecule has 1 atom stereocenters. The Morgan fingerprint density at radius 1 is 0.750 bits per heavy atom. The van der Waals surface area contributed by atoms with Crippen LogP contribution in [0, 0.1) is 0 Å². The minimum Gasteiger partial charge on any atom is -0.289 e. The van der Waals surface area contributed by atoms with E-state index in [2.05, 4.69) is 9.24 Å². The van der Waals surface area contributed by atoms with Gasteiger partial charge in [-0.25, -0.2) is 4.79 Å². The van der Waals surface area contributed by atoms with Crippen LogP contribution in [0.1, 0.15) is 11.1 Å². The van der Waals surface area contributed by atoms with E-state index in [1.807, 2.05) is 54.6 Å². The number of halogens is 1. The fraction of sp³-hybridized carbons (Fsp3) is 0.0909. The van der Waals surface area contributed by atoms with Gasteiger partial charge in [-0.3, -0.25) is 13.9 Å². The fourth-order valence-electron chi connectivity index (χ4n) is 3.24. The van der Waals surface area contributed by atoms with E-state index < -0.39 is 0 Å². The van der Waals surface area contributed by atoms with Crippen LogP contribution in [0.15, 0.2) is 82.4 Å². The van der Waals surface area contributed by atoms with Gasteiger partial charge in [-0.05, 0) is 40.7 Å². The van der Waals surface area contributed by atoms with E-state index in [1.165, 1.54) is 4.57 Å². The number of benzene rings is 3. The molecule has 1 aromatic heterocycles. The first kappa shape index (κ1) is 18.7. The molecule has 0 fully saturated rings. The summed E-state index contributed by atoms with van der Waals surface area (Å²) in [6, 6.07) is 22.3. The summed E-state index contributed by atoms with van der Waals surface area (Å²) < 4.78 is 2.94. The van der Waals surface area contributed by atoms with Gasteiger partial charge < -0.3 is 0 Å². The molecule has 0 aliphatic rings. The first-order chi connectivity index (χ1) is 13.5. The van der Waals surface area contributed by atoms with Crippen molar-refractivity contribution in [1.29, 1.82) is 0 Å². The Kier molecular flexibility index (Phi) is 5.17. The van der Waals surface area contributed by atoms with Crippen LogP contribution in [-0.4, -0.2) is 9.13 Å². The van der Waals surface area contributed by atoms with Crippen molar-refractivity contribution in [1.82, 2.24) is 9.13 Å². The largest absolute Gasteiger partial charge is 0.332 e. The van der Waals surface area contributed by atoms with Crippen molar-refractivity contribution in [3.8, 4) is 0 Å². The summed E-state index contributed by atoms with van der Waals surface area (Å²) in [6.07, 6.45) is 0. The quantitative estimate of drug-likeness (QED) is 0.486. The van der Waals surface area contributed by atoms with Crippen LogP contribution in [0.5, 0.6) is 0 Å². The molecule has 0 radical (unpaired) electrons. The summed E-state index contributed by atoms with van der Waals surface area (Å²) in [5.41, 5.74) is 1.87. The van der Waals surface area contributed by atoms with E-state index in [9.17, 15) is 9.59 Å². The molecule has 4 aromatic rings. The molecule has 0 saturated carbocycles. The molecular weight excluding hydrogens is 391 g/mol. The predicted octanol–water partition coefficient (Wildman–Crippen LogP) is 3.41. The second-order valence-corrected chi connectivity index (χ2v) is 7.75. The molecule has 4 nitrogen and oxygen atoms in total. The third-order valence-electron chi connectivity index (χ3n) is 4.71. The zero-order chi connectivity index (χ0) is 19.7. The fourth-order valence-corrected chi connectivity index (χ4v) is 3.56. The molecule has 140 valence electrons. The average Bonchev–Trinajstić information content (AvgIpc) is 2.71. The zero-order valence-corrected chi connectivity index (χ0v) is 16.9. The van der Waals surface area contributed by atoms with Gasteiger partial charge in [0.15, 0.2) is 0 Å². The molecule has 0 saturated heterocycles. The lowest BCUT2D eigenvalue weighted by atomic mass is 10.2. The minimum absolute atomic E-state index is 0.230. The van der Waals surface area contributed by atoms with Gasteiger partial charge in [0.25, 0.3) is 5.56 Å². The second kappa shape index (κ2) is 7.75. The minimum atomic E-state index is -0.325. The standard InChI is InChI=1S/C22H18ClN2O2P/c23-17-9-5-15(6-10-17)13-24-20-4-2-1-3-19(20)21(26)25(22(24)27)14-16-7-11-18(28)12-8-16/h1-12H,13-14,28H2. The lowest BCUT2D eigenvalue weighted by Gasteiger charge is -2.14. The number of para-hydroxylation sites is 1. The highest BCUT2D eigenvalue weighted by molar-refractivity contribution is 7.27. The van der Waals surface area contributed by atoms with E-state index in [4.69, 9.17) is 11.6 Å². The van der Waals surface area contributed by atoms with Gasteiger partial charge in [0, 0.05) is 5.02 Å². The summed E-state index contributed by atoms with van der Waals surface area (Å²) in [5, 5.41) is 2.22. The second-order valence-electron chi connectivity index (χ2n) is 6.65. The highest BCUT2D eigenvalue weighted by Gasteiger charge is 2.13. The van der Waals surface area contributed by atoms with Gasteiger partial charge in [0.1, 0.15) is 0 Å². The summed E-state index contributed by atoms with van der Waals surface area (Å²) in [6.45, 7) is 0.593. The Bertz CT molecular complexity index is 1260. The monoisotopic (exact) mass is 408 g/mol. The summed E-state index contributed by atoms with van der Waals surface area (Å²) in [7, 11) is 2.63. The molecule has 0 N–H and O–H groups in total. The predicted molar refractivity (Wildman–Crippen MR) is 118 cm³/mol. The number of hydrogen-bond donors (Lipinski definition) is 0. The number of rotatable bonds is 4. The zero-order valence-electron chi connectivity index (χ0n) is 15.0. The van der Waals surface area contributed by atoms with Crippen molar-refractivity contribution >= 4 is 37.0 Å². The molecule has 28 heavy (non-hydrogen) atoms. The Balaban J connectivity index is 1.88. The molecule has 0 aliphatic carbocycles. The number of aromatic nitrogens is 2. The first-order valence-corrected chi connectivity index (χ1v) is 9.80. The van der Waals surface area contributed by atoms with Crippen molar-refractivity contribution < 1.29 is 0 Å². The Morgan fingerprint density at radius 3 is 2.00 bits per heavy atom. The third-order valence-corrected chi connectivity index (χ3v) is 5.34. The summed E-state index contributed by atoms with van der Waals surface area (Å²) in [4.78, 5) is 26.2. The number of fused-ring (bicyclic) bond motifs is 1. The van der Waals surface area contributed by atoms with E-state index in [0.717, 1.165) is 16.4 Å². The Morgan fingerprint density at radius 2 is 1.32 bits per heavy atom. The lowest BCUT2D eigenvalue weighted by Crippen LogP contribution is -2.40. The van der Waals surface area contributed by atoms with Crippen molar-refractivity contribution in [3.63, 3.8) is 0 Å². The molecular formula is C22H18ClN2O2P. The third kappa shape index (κ3) is 3.66. The maximum atomic E-state index is 13.2. The van der Waals surface area contributed by atoms with E-state index in [-0.39, 0.29) is 17.8 Å². The summed E-state index contributed by atoms with van der Waals surface area (Å²) in [5.74, 6) is 0. The summed E-state index contributed by atoms with van der Waals surface area (Å²) >= 11 is 5.97. The molecule has 1 heterocycles. The highest BCUT2D eigenvalue weighted by Crippen LogP contribution is 2.13. The average molecular weight is 409 g/mol. The van der Waals surface area contributed by atoms with Crippen LogP contribution < -0.4 is 16.6 Å². The molecule has 0 amide bonds. The van der Waals surface area contributed by atoms with Crippen molar-refractivity contribution in [3.05, 3.63) is 110 Å². The van der Waals surface area contributed by atoms with Crippen molar-refractivity contribution in [2.75, 3.05) is 0 Å². The smallest absolute Gasteiger partial charge is 0.289 e. The Hall–Kier alpha value is -2.68. The molecule has 3 aromatic carbocycles. The molecule has 0 spiro atoms. The van der Waals surface area contributed by atoms with Gasteiger partial charge in [0.05, 0.1) is 24.0 Å². The highest BCUT2D eigenvalue weighted by atomic mass is 35.5. The van der Waals surface area contributed by atoms with Gasteiger partial charge in [-0.1, -0.05) is 60.1 Å². The molecule has 0 aliphatic heterocycles. The van der Waals surface area contributed by atoms with E-state index in [1.54, 1.807) is 22.8 Å².